The normalized spacial score (nSPS) is 27.9. The molecule has 2 nitrogen and oxygen atoms in total. The van der Waals surface area contributed by atoms with E-state index in [1.54, 1.807) is 0 Å². The summed E-state index contributed by atoms with van der Waals surface area (Å²) < 4.78 is 0. The largest absolute Gasteiger partial charge is 0.301 e. The number of hydrogen-bond donors (Lipinski definition) is 0. The maximum absolute atomic E-state index is 2.61. The van der Waals surface area contributed by atoms with Gasteiger partial charge in [-0.1, -0.05) is 6.92 Å². The van der Waals surface area contributed by atoms with E-state index in [4.69, 9.17) is 0 Å². The molecule has 0 aromatic heterocycles. The van der Waals surface area contributed by atoms with Crippen LogP contribution in [0.15, 0.2) is 0 Å². The summed E-state index contributed by atoms with van der Waals surface area (Å²) in [6.45, 7) is 16.4. The summed E-state index contributed by atoms with van der Waals surface area (Å²) in [5.74, 6) is 0. The van der Waals surface area contributed by atoms with Gasteiger partial charge in [-0.05, 0) is 34.2 Å². The molecule has 0 aliphatic carbocycles. The second-order valence-electron chi connectivity index (χ2n) is 5.11. The van der Waals surface area contributed by atoms with E-state index in [1.807, 2.05) is 0 Å². The van der Waals surface area contributed by atoms with Crippen LogP contribution in [0.25, 0.3) is 0 Å². The number of hydrogen-bond acceptors (Lipinski definition) is 2. The Morgan fingerprint density at radius 1 is 1.23 bits per heavy atom. The molecule has 0 saturated carbocycles. The molecule has 0 N–H and O–H groups in total. The second-order valence-corrected chi connectivity index (χ2v) is 5.11. The van der Waals surface area contributed by atoms with Crippen LogP contribution in [0.3, 0.4) is 0 Å². The Morgan fingerprint density at radius 2 is 1.85 bits per heavy atom. The molecule has 1 rings (SSSR count). The van der Waals surface area contributed by atoms with Gasteiger partial charge in [0.15, 0.2) is 0 Å². The molecule has 1 fully saturated rings. The molecular formula is C11H24N2. The van der Waals surface area contributed by atoms with Crippen LogP contribution in [0.5, 0.6) is 0 Å². The van der Waals surface area contributed by atoms with E-state index in [2.05, 4.69) is 44.4 Å². The topological polar surface area (TPSA) is 6.48 Å². The van der Waals surface area contributed by atoms with Crippen molar-refractivity contribution in [1.82, 2.24) is 9.80 Å². The van der Waals surface area contributed by atoms with Gasteiger partial charge in [-0.2, -0.15) is 0 Å². The van der Waals surface area contributed by atoms with E-state index < -0.39 is 0 Å². The molecule has 1 atom stereocenters. The number of piperazine rings is 1. The lowest BCUT2D eigenvalue weighted by Gasteiger charge is -2.46. The zero-order valence-corrected chi connectivity index (χ0v) is 9.80. The Labute approximate surface area is 82.9 Å². The molecule has 1 aliphatic rings. The molecule has 2 heteroatoms. The third kappa shape index (κ3) is 2.68. The van der Waals surface area contributed by atoms with Gasteiger partial charge in [-0.25, -0.2) is 0 Å². The third-order valence-electron chi connectivity index (χ3n) is 3.02. The van der Waals surface area contributed by atoms with E-state index in [1.165, 1.54) is 26.2 Å². The molecule has 1 heterocycles. The van der Waals surface area contributed by atoms with Crippen molar-refractivity contribution in [1.29, 1.82) is 0 Å². The Balaban J connectivity index is 2.53. The molecule has 1 aliphatic heterocycles. The molecule has 13 heavy (non-hydrogen) atoms. The van der Waals surface area contributed by atoms with Crippen LogP contribution in [-0.2, 0) is 0 Å². The maximum Gasteiger partial charge on any atom is 0.0200 e. The quantitative estimate of drug-likeness (QED) is 0.613. The Morgan fingerprint density at radius 3 is 2.23 bits per heavy atom. The summed E-state index contributed by atoms with van der Waals surface area (Å²) in [6.07, 6.45) is 0. The molecule has 0 bridgehead atoms. The van der Waals surface area contributed by atoms with Crippen LogP contribution >= 0.6 is 0 Å². The third-order valence-corrected chi connectivity index (χ3v) is 3.02. The SMILES string of the molecule is CCN1CCN(C(C)(C)C)[C@H](C)C1. The molecular weight excluding hydrogens is 160 g/mol. The van der Waals surface area contributed by atoms with E-state index in [0.717, 1.165) is 0 Å². The van der Waals surface area contributed by atoms with E-state index in [9.17, 15) is 0 Å². The van der Waals surface area contributed by atoms with Gasteiger partial charge in [0.2, 0.25) is 0 Å². The highest BCUT2D eigenvalue weighted by Gasteiger charge is 2.30. The highest BCUT2D eigenvalue weighted by Crippen LogP contribution is 2.20. The van der Waals surface area contributed by atoms with Crippen molar-refractivity contribution in [2.24, 2.45) is 0 Å². The van der Waals surface area contributed by atoms with Crippen molar-refractivity contribution in [3.63, 3.8) is 0 Å². The summed E-state index contributed by atoms with van der Waals surface area (Å²) >= 11 is 0. The summed E-state index contributed by atoms with van der Waals surface area (Å²) in [7, 11) is 0. The first kappa shape index (κ1) is 11.0. The predicted octanol–water partition coefficient (Wildman–Crippen LogP) is 1.81. The fourth-order valence-electron chi connectivity index (χ4n) is 2.32. The second kappa shape index (κ2) is 3.97. The molecule has 1 saturated heterocycles. The first-order valence-corrected chi connectivity index (χ1v) is 5.44. The van der Waals surface area contributed by atoms with Crippen LogP contribution in [0.1, 0.15) is 34.6 Å². The van der Waals surface area contributed by atoms with Crippen LogP contribution in [0, 0.1) is 0 Å². The first-order chi connectivity index (χ1) is 5.95. The van der Waals surface area contributed by atoms with Gasteiger partial charge in [0.05, 0.1) is 0 Å². The summed E-state index contributed by atoms with van der Waals surface area (Å²) in [6, 6.07) is 0.702. The van der Waals surface area contributed by atoms with Gasteiger partial charge in [0, 0.05) is 31.2 Å². The zero-order valence-electron chi connectivity index (χ0n) is 9.80. The van der Waals surface area contributed by atoms with Gasteiger partial charge in [-0.3, -0.25) is 4.90 Å². The fraction of sp³-hybridized carbons (Fsp3) is 1.00. The summed E-state index contributed by atoms with van der Waals surface area (Å²) in [5, 5.41) is 0. The van der Waals surface area contributed by atoms with Crippen LogP contribution < -0.4 is 0 Å². The van der Waals surface area contributed by atoms with E-state index in [0.29, 0.717) is 11.6 Å². The van der Waals surface area contributed by atoms with Gasteiger partial charge in [0.25, 0.3) is 0 Å². The molecule has 0 aromatic rings. The number of likely N-dealkylation sites (N-methyl/N-ethyl adjacent to an activating group) is 1. The smallest absolute Gasteiger partial charge is 0.0200 e. The van der Waals surface area contributed by atoms with Crippen molar-refractivity contribution in [3.8, 4) is 0 Å². The molecule has 0 amide bonds. The minimum atomic E-state index is 0.333. The van der Waals surface area contributed by atoms with Crippen molar-refractivity contribution in [3.05, 3.63) is 0 Å². The van der Waals surface area contributed by atoms with Gasteiger partial charge in [0.1, 0.15) is 0 Å². The molecule has 78 valence electrons. The van der Waals surface area contributed by atoms with Gasteiger partial charge < -0.3 is 4.90 Å². The molecule has 0 aromatic carbocycles. The fourth-order valence-corrected chi connectivity index (χ4v) is 2.32. The van der Waals surface area contributed by atoms with Crippen LogP contribution in [0.2, 0.25) is 0 Å². The highest BCUT2D eigenvalue weighted by molar-refractivity contribution is 4.86. The lowest BCUT2D eigenvalue weighted by molar-refractivity contribution is 0.0201. The number of nitrogens with zero attached hydrogens (tertiary/aromatic N) is 2. The van der Waals surface area contributed by atoms with Crippen molar-refractivity contribution >= 4 is 0 Å². The lowest BCUT2D eigenvalue weighted by atomic mass is 10.0. The predicted molar refractivity (Wildman–Crippen MR) is 58.0 cm³/mol. The molecule has 0 spiro atoms. The minimum Gasteiger partial charge on any atom is -0.301 e. The average molecular weight is 184 g/mol. The molecule has 0 unspecified atom stereocenters. The Hall–Kier alpha value is -0.0800. The van der Waals surface area contributed by atoms with Crippen LogP contribution in [-0.4, -0.2) is 47.6 Å². The maximum atomic E-state index is 2.61. The zero-order chi connectivity index (χ0) is 10.1. The van der Waals surface area contributed by atoms with Gasteiger partial charge >= 0.3 is 0 Å². The van der Waals surface area contributed by atoms with E-state index >= 15 is 0 Å². The summed E-state index contributed by atoms with van der Waals surface area (Å²) in [4.78, 5) is 5.14. The monoisotopic (exact) mass is 184 g/mol. The molecule has 0 radical (unpaired) electrons. The van der Waals surface area contributed by atoms with Crippen molar-refractivity contribution < 1.29 is 0 Å². The minimum absolute atomic E-state index is 0.333. The van der Waals surface area contributed by atoms with Gasteiger partial charge in [-0.15, -0.1) is 0 Å². The average Bonchev–Trinajstić information content (AvgIpc) is 2.01. The standard InChI is InChI=1S/C11H24N2/c1-6-12-7-8-13(10(2)9-12)11(3,4)5/h10H,6-9H2,1-5H3/t10-/m1/s1. The Bertz CT molecular complexity index is 160. The van der Waals surface area contributed by atoms with E-state index in [-0.39, 0.29) is 0 Å². The Kier molecular flexibility index (Phi) is 3.36. The number of rotatable bonds is 1. The highest BCUT2D eigenvalue weighted by atomic mass is 15.3. The van der Waals surface area contributed by atoms with Crippen LogP contribution in [0.4, 0.5) is 0 Å². The van der Waals surface area contributed by atoms with Crippen molar-refractivity contribution in [2.75, 3.05) is 26.2 Å². The lowest BCUT2D eigenvalue weighted by Crippen LogP contribution is -2.58. The van der Waals surface area contributed by atoms with Crippen molar-refractivity contribution in [2.45, 2.75) is 46.2 Å². The first-order valence-electron chi connectivity index (χ1n) is 5.44. The summed E-state index contributed by atoms with van der Waals surface area (Å²) in [5.41, 5.74) is 0.333.